The predicted molar refractivity (Wildman–Crippen MR) is 90.0 cm³/mol. The average Bonchev–Trinajstić information content (AvgIpc) is 2.84. The maximum Gasteiger partial charge on any atom is 0.305 e. The van der Waals surface area contributed by atoms with Crippen molar-refractivity contribution >= 4 is 11.9 Å². The van der Waals surface area contributed by atoms with Crippen molar-refractivity contribution in [3.8, 4) is 0 Å². The van der Waals surface area contributed by atoms with Gasteiger partial charge in [0.2, 0.25) is 0 Å². The van der Waals surface area contributed by atoms with Gasteiger partial charge in [-0.2, -0.15) is 0 Å². The third-order valence-electron chi connectivity index (χ3n) is 4.07. The first-order chi connectivity index (χ1) is 10.5. The molecule has 0 spiro atoms. The number of carbonyl (C=O) groups excluding carboxylic acids is 1. The molecule has 1 heterocycles. The third kappa shape index (κ3) is 6.22. The molecule has 22 heavy (non-hydrogen) atoms. The summed E-state index contributed by atoms with van der Waals surface area (Å²) in [7, 11) is 1.78. The van der Waals surface area contributed by atoms with Gasteiger partial charge in [0.05, 0.1) is 6.61 Å². The van der Waals surface area contributed by atoms with Crippen molar-refractivity contribution in [3.05, 3.63) is 0 Å². The molecule has 0 bridgehead atoms. The Hall–Kier alpha value is -1.30. The second-order valence-electron chi connectivity index (χ2n) is 6.18. The highest BCUT2D eigenvalue weighted by molar-refractivity contribution is 5.80. The van der Waals surface area contributed by atoms with Crippen molar-refractivity contribution in [1.29, 1.82) is 0 Å². The molecule has 6 nitrogen and oxygen atoms in total. The lowest BCUT2D eigenvalue weighted by Crippen LogP contribution is -2.47. The number of aliphatic imine (C=N–C) groups is 1. The van der Waals surface area contributed by atoms with E-state index < -0.39 is 0 Å². The number of rotatable bonds is 7. The number of esters is 1. The van der Waals surface area contributed by atoms with E-state index in [9.17, 15) is 4.79 Å². The van der Waals surface area contributed by atoms with E-state index in [2.05, 4.69) is 41.3 Å². The highest BCUT2D eigenvalue weighted by Crippen LogP contribution is 2.18. The van der Waals surface area contributed by atoms with Gasteiger partial charge < -0.3 is 15.4 Å². The van der Waals surface area contributed by atoms with E-state index in [-0.39, 0.29) is 5.97 Å². The summed E-state index contributed by atoms with van der Waals surface area (Å²) in [4.78, 5) is 18.0. The molecular formula is C16H32N4O2. The van der Waals surface area contributed by atoms with Gasteiger partial charge in [-0.3, -0.25) is 14.7 Å². The second kappa shape index (κ2) is 9.66. The van der Waals surface area contributed by atoms with Crippen LogP contribution in [-0.4, -0.2) is 62.2 Å². The lowest BCUT2D eigenvalue weighted by atomic mass is 10.1. The van der Waals surface area contributed by atoms with Crippen LogP contribution in [0.3, 0.4) is 0 Å². The van der Waals surface area contributed by atoms with Crippen LogP contribution >= 0.6 is 0 Å². The Morgan fingerprint density at radius 1 is 1.41 bits per heavy atom. The molecular weight excluding hydrogens is 280 g/mol. The molecule has 1 rings (SSSR count). The number of nitrogens with one attached hydrogen (secondary N) is 2. The van der Waals surface area contributed by atoms with Crippen LogP contribution < -0.4 is 10.6 Å². The van der Waals surface area contributed by atoms with Crippen LogP contribution in [0.4, 0.5) is 0 Å². The van der Waals surface area contributed by atoms with Crippen LogP contribution in [0.2, 0.25) is 0 Å². The molecule has 1 fully saturated rings. The minimum atomic E-state index is -0.135. The zero-order chi connectivity index (χ0) is 16.5. The average molecular weight is 312 g/mol. The molecule has 2 N–H and O–H groups in total. The summed E-state index contributed by atoms with van der Waals surface area (Å²) < 4.78 is 4.91. The van der Waals surface area contributed by atoms with E-state index in [1.807, 2.05) is 6.92 Å². The van der Waals surface area contributed by atoms with Crippen molar-refractivity contribution in [1.82, 2.24) is 15.5 Å². The van der Waals surface area contributed by atoms with Gasteiger partial charge in [0, 0.05) is 45.2 Å². The van der Waals surface area contributed by atoms with Crippen LogP contribution in [0.1, 0.15) is 40.5 Å². The molecule has 0 aliphatic carbocycles. The topological polar surface area (TPSA) is 66.0 Å². The molecule has 0 saturated carbocycles. The number of nitrogens with zero attached hydrogens (tertiary/aromatic N) is 2. The van der Waals surface area contributed by atoms with Crippen molar-refractivity contribution in [2.75, 3.05) is 33.3 Å². The predicted octanol–water partition coefficient (Wildman–Crippen LogP) is 1.22. The Labute approximate surface area is 134 Å². The van der Waals surface area contributed by atoms with Crippen LogP contribution in [0.15, 0.2) is 4.99 Å². The van der Waals surface area contributed by atoms with Crippen LogP contribution in [0.5, 0.6) is 0 Å². The highest BCUT2D eigenvalue weighted by atomic mass is 16.5. The van der Waals surface area contributed by atoms with Crippen LogP contribution in [-0.2, 0) is 9.53 Å². The van der Waals surface area contributed by atoms with E-state index in [1.165, 1.54) is 0 Å². The number of hydrogen-bond donors (Lipinski definition) is 2. The lowest BCUT2D eigenvalue weighted by Gasteiger charge is -2.21. The molecule has 1 aliphatic rings. The van der Waals surface area contributed by atoms with Crippen LogP contribution in [0.25, 0.3) is 0 Å². The monoisotopic (exact) mass is 312 g/mol. The van der Waals surface area contributed by atoms with Crippen molar-refractivity contribution in [2.45, 2.75) is 52.6 Å². The minimum absolute atomic E-state index is 0.135. The second-order valence-corrected chi connectivity index (χ2v) is 6.18. The third-order valence-corrected chi connectivity index (χ3v) is 4.07. The molecule has 1 saturated heterocycles. The number of ether oxygens (including phenoxy) is 1. The first-order valence-electron chi connectivity index (χ1n) is 8.34. The SMILES string of the molecule is CCOC(=O)CCCNC(=NC)NC1CN(C(C)C)CC1C. The summed E-state index contributed by atoms with van der Waals surface area (Å²) in [6.07, 6.45) is 1.19. The molecule has 128 valence electrons. The van der Waals surface area contributed by atoms with Gasteiger partial charge in [-0.1, -0.05) is 6.92 Å². The summed E-state index contributed by atoms with van der Waals surface area (Å²) in [5, 5.41) is 6.77. The van der Waals surface area contributed by atoms with E-state index in [4.69, 9.17) is 4.74 Å². The zero-order valence-electron chi connectivity index (χ0n) is 14.7. The Bertz CT molecular complexity index is 371. The molecule has 0 aromatic rings. The summed E-state index contributed by atoms with van der Waals surface area (Å²) in [5.41, 5.74) is 0. The van der Waals surface area contributed by atoms with Gasteiger partial charge in [0.1, 0.15) is 0 Å². The summed E-state index contributed by atoms with van der Waals surface area (Å²) in [5.74, 6) is 1.27. The van der Waals surface area contributed by atoms with Gasteiger partial charge in [0.15, 0.2) is 5.96 Å². The van der Waals surface area contributed by atoms with Gasteiger partial charge in [-0.05, 0) is 33.1 Å². The lowest BCUT2D eigenvalue weighted by molar-refractivity contribution is -0.143. The Morgan fingerprint density at radius 2 is 2.14 bits per heavy atom. The maximum atomic E-state index is 11.3. The first kappa shape index (κ1) is 18.7. The molecule has 0 aromatic carbocycles. The zero-order valence-corrected chi connectivity index (χ0v) is 14.7. The van der Waals surface area contributed by atoms with Gasteiger partial charge in [-0.25, -0.2) is 0 Å². The minimum Gasteiger partial charge on any atom is -0.466 e. The molecule has 0 radical (unpaired) electrons. The normalized spacial score (nSPS) is 22.9. The smallest absolute Gasteiger partial charge is 0.305 e. The van der Waals surface area contributed by atoms with E-state index in [1.54, 1.807) is 7.05 Å². The molecule has 2 unspecified atom stereocenters. The first-order valence-corrected chi connectivity index (χ1v) is 8.34. The fraction of sp³-hybridized carbons (Fsp3) is 0.875. The molecule has 0 aromatic heterocycles. The fourth-order valence-electron chi connectivity index (χ4n) is 2.66. The van der Waals surface area contributed by atoms with E-state index >= 15 is 0 Å². The maximum absolute atomic E-state index is 11.3. The number of hydrogen-bond acceptors (Lipinski definition) is 4. The van der Waals surface area contributed by atoms with Crippen molar-refractivity contribution in [3.63, 3.8) is 0 Å². The van der Waals surface area contributed by atoms with Gasteiger partial charge in [-0.15, -0.1) is 0 Å². The van der Waals surface area contributed by atoms with Crippen molar-refractivity contribution in [2.24, 2.45) is 10.9 Å². The van der Waals surface area contributed by atoms with E-state index in [0.717, 1.165) is 25.5 Å². The Balaban J connectivity index is 2.29. The van der Waals surface area contributed by atoms with Gasteiger partial charge in [0.25, 0.3) is 0 Å². The Morgan fingerprint density at radius 3 is 2.68 bits per heavy atom. The summed E-state index contributed by atoms with van der Waals surface area (Å²) >= 11 is 0. The summed E-state index contributed by atoms with van der Waals surface area (Å²) in [6.45, 7) is 11.9. The van der Waals surface area contributed by atoms with Gasteiger partial charge >= 0.3 is 5.97 Å². The number of likely N-dealkylation sites (tertiary alicyclic amines) is 1. The number of guanidine groups is 1. The van der Waals surface area contributed by atoms with Crippen LogP contribution in [0, 0.1) is 5.92 Å². The molecule has 0 amide bonds. The molecule has 1 aliphatic heterocycles. The molecule has 2 atom stereocenters. The van der Waals surface area contributed by atoms with E-state index in [0.29, 0.717) is 37.6 Å². The largest absolute Gasteiger partial charge is 0.466 e. The number of carbonyl (C=O) groups is 1. The quantitative estimate of drug-likeness (QED) is 0.320. The van der Waals surface area contributed by atoms with Crippen molar-refractivity contribution < 1.29 is 9.53 Å². The highest BCUT2D eigenvalue weighted by Gasteiger charge is 2.31. The summed E-state index contributed by atoms with van der Waals surface area (Å²) in [6, 6.07) is 0.993. The standard InChI is InChI=1S/C16H32N4O2/c1-6-22-15(21)8-7-9-18-16(17-5)19-14-11-20(12(2)3)10-13(14)4/h12-14H,6-11H2,1-5H3,(H2,17,18,19). The Kier molecular flexibility index (Phi) is 8.24. The molecule has 6 heteroatoms. The fourth-order valence-corrected chi connectivity index (χ4v) is 2.66.